The van der Waals surface area contributed by atoms with Crippen molar-refractivity contribution in [1.82, 2.24) is 14.5 Å². The second-order valence-corrected chi connectivity index (χ2v) is 6.77. The number of aryl methyl sites for hydroxylation is 1. The molecule has 4 rings (SSSR count). The molecule has 0 saturated heterocycles. The zero-order valence-corrected chi connectivity index (χ0v) is 15.7. The van der Waals surface area contributed by atoms with Gasteiger partial charge in [0, 0.05) is 6.54 Å². The second kappa shape index (κ2) is 6.92. The molecule has 0 bridgehead atoms. The average Bonchev–Trinajstić information content (AvgIpc) is 3.17. The molecule has 2 aromatic carbocycles. The number of benzene rings is 2. The summed E-state index contributed by atoms with van der Waals surface area (Å²) in [4.78, 5) is 43.6. The summed E-state index contributed by atoms with van der Waals surface area (Å²) in [7, 11) is 0. The number of nitrogens with one attached hydrogen (secondary N) is 1. The Bertz CT molecular complexity index is 1070. The van der Waals surface area contributed by atoms with Crippen LogP contribution in [0.15, 0.2) is 48.5 Å². The molecule has 1 aliphatic heterocycles. The fourth-order valence-corrected chi connectivity index (χ4v) is 3.51. The number of aromatic nitrogens is 2. The minimum absolute atomic E-state index is 0.324. The van der Waals surface area contributed by atoms with Gasteiger partial charge in [0.2, 0.25) is 11.9 Å². The molecule has 0 spiro atoms. The summed E-state index contributed by atoms with van der Waals surface area (Å²) < 4.78 is 1.93. The van der Waals surface area contributed by atoms with Crippen molar-refractivity contribution in [2.24, 2.45) is 0 Å². The van der Waals surface area contributed by atoms with Crippen LogP contribution in [-0.2, 0) is 11.3 Å². The number of imidazole rings is 1. The average molecular weight is 376 g/mol. The van der Waals surface area contributed by atoms with Crippen LogP contribution >= 0.6 is 0 Å². The van der Waals surface area contributed by atoms with E-state index in [-0.39, 0.29) is 0 Å². The van der Waals surface area contributed by atoms with E-state index in [0.717, 1.165) is 22.4 Å². The molecule has 1 N–H and O–H groups in total. The summed E-state index contributed by atoms with van der Waals surface area (Å²) in [5, 5.41) is 2.80. The Kier molecular flexibility index (Phi) is 4.43. The Hall–Kier alpha value is -3.48. The van der Waals surface area contributed by atoms with E-state index in [1.54, 1.807) is 31.2 Å². The van der Waals surface area contributed by atoms with E-state index in [2.05, 4.69) is 10.3 Å². The topological polar surface area (TPSA) is 84.3 Å². The molecule has 7 heteroatoms. The van der Waals surface area contributed by atoms with Crippen LogP contribution in [-0.4, -0.2) is 38.2 Å². The number of carbonyl (C=O) groups is 3. The molecule has 0 aliphatic carbocycles. The van der Waals surface area contributed by atoms with Crippen LogP contribution in [0.25, 0.3) is 11.0 Å². The first-order valence-electron chi connectivity index (χ1n) is 9.26. The van der Waals surface area contributed by atoms with Crippen LogP contribution in [0, 0.1) is 0 Å². The maximum Gasteiger partial charge on any atom is 0.262 e. The molecule has 0 unspecified atom stereocenters. The zero-order chi connectivity index (χ0) is 19.8. The molecule has 3 aromatic rings. The van der Waals surface area contributed by atoms with Crippen molar-refractivity contribution in [3.8, 4) is 0 Å². The minimum Gasteiger partial charge on any atom is -0.310 e. The Morgan fingerprint density at radius 3 is 2.29 bits per heavy atom. The normalized spacial score (nSPS) is 14.4. The quantitative estimate of drug-likeness (QED) is 0.694. The first kappa shape index (κ1) is 17.9. The zero-order valence-electron chi connectivity index (χ0n) is 15.7. The third-order valence-electron chi connectivity index (χ3n) is 4.93. The van der Waals surface area contributed by atoms with Gasteiger partial charge in [0.15, 0.2) is 0 Å². The van der Waals surface area contributed by atoms with E-state index in [1.807, 2.05) is 35.8 Å². The number of para-hydroxylation sites is 2. The molecule has 1 atom stereocenters. The van der Waals surface area contributed by atoms with Crippen LogP contribution in [0.4, 0.5) is 5.95 Å². The van der Waals surface area contributed by atoms with Gasteiger partial charge in [-0.1, -0.05) is 31.2 Å². The highest BCUT2D eigenvalue weighted by Crippen LogP contribution is 2.25. The van der Waals surface area contributed by atoms with Gasteiger partial charge in [0.1, 0.15) is 6.04 Å². The molecule has 1 aliphatic rings. The maximum absolute atomic E-state index is 12.9. The lowest BCUT2D eigenvalue weighted by molar-refractivity contribution is -0.119. The third-order valence-corrected chi connectivity index (χ3v) is 4.93. The Labute approximate surface area is 162 Å². The number of carbonyl (C=O) groups excluding carboxylic acids is 3. The molecule has 28 heavy (non-hydrogen) atoms. The number of imide groups is 1. The molecular formula is C21H20N4O3. The van der Waals surface area contributed by atoms with Crippen LogP contribution in [0.3, 0.4) is 0 Å². The van der Waals surface area contributed by atoms with Gasteiger partial charge >= 0.3 is 0 Å². The van der Waals surface area contributed by atoms with Crippen LogP contribution in [0.1, 0.15) is 41.0 Å². The summed E-state index contributed by atoms with van der Waals surface area (Å²) >= 11 is 0. The summed E-state index contributed by atoms with van der Waals surface area (Å²) in [6.45, 7) is 4.28. The number of anilines is 1. The van der Waals surface area contributed by atoms with Gasteiger partial charge in [0.05, 0.1) is 22.2 Å². The maximum atomic E-state index is 12.9. The molecule has 0 saturated carbocycles. The van der Waals surface area contributed by atoms with Crippen molar-refractivity contribution in [2.45, 2.75) is 32.9 Å². The SMILES string of the molecule is CCCn1c(NC(=O)[C@@H](C)N2C(=O)c3ccccc3C2=O)nc2ccccc21. The lowest BCUT2D eigenvalue weighted by Crippen LogP contribution is -2.45. The number of fused-ring (bicyclic) bond motifs is 2. The number of rotatable bonds is 5. The summed E-state index contributed by atoms with van der Waals surface area (Å²) in [5.74, 6) is -0.950. The van der Waals surface area contributed by atoms with Crippen molar-refractivity contribution in [2.75, 3.05) is 5.32 Å². The van der Waals surface area contributed by atoms with Gasteiger partial charge in [-0.3, -0.25) is 24.6 Å². The highest BCUT2D eigenvalue weighted by Gasteiger charge is 2.40. The van der Waals surface area contributed by atoms with Gasteiger partial charge in [0.25, 0.3) is 11.8 Å². The number of amides is 3. The highest BCUT2D eigenvalue weighted by atomic mass is 16.2. The summed E-state index contributed by atoms with van der Waals surface area (Å²) in [6.07, 6.45) is 0.872. The van der Waals surface area contributed by atoms with Gasteiger partial charge in [-0.25, -0.2) is 4.98 Å². The fraction of sp³-hybridized carbons (Fsp3) is 0.238. The first-order valence-corrected chi connectivity index (χ1v) is 9.26. The molecule has 1 aromatic heterocycles. The van der Waals surface area contributed by atoms with E-state index >= 15 is 0 Å². The predicted octanol–water partition coefficient (Wildman–Crippen LogP) is 3.07. The summed E-state index contributed by atoms with van der Waals surface area (Å²) in [6, 6.07) is 13.3. The van der Waals surface area contributed by atoms with E-state index in [0.29, 0.717) is 23.6 Å². The third kappa shape index (κ3) is 2.76. The molecule has 0 fully saturated rings. The Balaban J connectivity index is 1.61. The second-order valence-electron chi connectivity index (χ2n) is 6.77. The van der Waals surface area contributed by atoms with Gasteiger partial charge in [-0.05, 0) is 37.6 Å². The minimum atomic E-state index is -0.956. The van der Waals surface area contributed by atoms with Gasteiger partial charge in [-0.15, -0.1) is 0 Å². The smallest absolute Gasteiger partial charge is 0.262 e. The molecule has 142 valence electrons. The number of hydrogen-bond acceptors (Lipinski definition) is 4. The van der Waals surface area contributed by atoms with Crippen LogP contribution in [0.5, 0.6) is 0 Å². The van der Waals surface area contributed by atoms with E-state index in [4.69, 9.17) is 0 Å². The number of hydrogen-bond donors (Lipinski definition) is 1. The van der Waals surface area contributed by atoms with E-state index < -0.39 is 23.8 Å². The van der Waals surface area contributed by atoms with Crippen molar-refractivity contribution < 1.29 is 14.4 Å². The van der Waals surface area contributed by atoms with Crippen LogP contribution in [0.2, 0.25) is 0 Å². The van der Waals surface area contributed by atoms with Gasteiger partial charge in [-0.2, -0.15) is 0 Å². The van der Waals surface area contributed by atoms with Crippen molar-refractivity contribution in [3.63, 3.8) is 0 Å². The lowest BCUT2D eigenvalue weighted by Gasteiger charge is -2.21. The van der Waals surface area contributed by atoms with E-state index in [9.17, 15) is 14.4 Å². The van der Waals surface area contributed by atoms with E-state index in [1.165, 1.54) is 0 Å². The predicted molar refractivity (Wildman–Crippen MR) is 105 cm³/mol. The molecule has 2 heterocycles. The molecule has 0 radical (unpaired) electrons. The molecular weight excluding hydrogens is 356 g/mol. The van der Waals surface area contributed by atoms with Gasteiger partial charge < -0.3 is 4.57 Å². The largest absolute Gasteiger partial charge is 0.310 e. The van der Waals surface area contributed by atoms with Crippen LogP contribution < -0.4 is 5.32 Å². The molecule has 7 nitrogen and oxygen atoms in total. The first-order chi connectivity index (χ1) is 13.5. The van der Waals surface area contributed by atoms with Crippen molar-refractivity contribution >= 4 is 34.7 Å². The highest BCUT2D eigenvalue weighted by molar-refractivity contribution is 6.23. The Morgan fingerprint density at radius 1 is 1.04 bits per heavy atom. The lowest BCUT2D eigenvalue weighted by atomic mass is 10.1. The standard InChI is InChI=1S/C21H20N4O3/c1-3-12-24-17-11-7-6-10-16(17)22-21(24)23-18(26)13(2)25-19(27)14-8-4-5-9-15(14)20(25)28/h4-11,13H,3,12H2,1-2H3,(H,22,23,26)/t13-/m1/s1. The monoisotopic (exact) mass is 376 g/mol. The van der Waals surface area contributed by atoms with Crippen molar-refractivity contribution in [1.29, 1.82) is 0 Å². The fourth-order valence-electron chi connectivity index (χ4n) is 3.51. The number of nitrogens with zero attached hydrogens (tertiary/aromatic N) is 3. The Morgan fingerprint density at radius 2 is 1.64 bits per heavy atom. The van der Waals surface area contributed by atoms with Crippen molar-refractivity contribution in [3.05, 3.63) is 59.7 Å². The molecule has 3 amide bonds. The summed E-state index contributed by atoms with van der Waals surface area (Å²) in [5.41, 5.74) is 2.35.